The van der Waals surface area contributed by atoms with Crippen LogP contribution in [0.1, 0.15) is 23.1 Å². The smallest absolute Gasteiger partial charge is 0.126 e. The molecule has 1 aromatic carbocycles. The first-order valence-electron chi connectivity index (χ1n) is 5.54. The highest BCUT2D eigenvalue weighted by Crippen LogP contribution is 2.37. The highest BCUT2D eigenvalue weighted by Gasteiger charge is 2.19. The SMILES string of the molecule is NCCc1cc(CO)c(Br)c2c1OCCC2. The van der Waals surface area contributed by atoms with E-state index in [0.717, 1.165) is 47.2 Å². The molecule has 0 saturated heterocycles. The molecular formula is C12H16BrNO2. The molecule has 0 spiro atoms. The number of hydrogen-bond donors (Lipinski definition) is 2. The van der Waals surface area contributed by atoms with Gasteiger partial charge in [-0.05, 0) is 58.9 Å². The Bertz CT molecular complexity index is 393. The highest BCUT2D eigenvalue weighted by atomic mass is 79.9. The summed E-state index contributed by atoms with van der Waals surface area (Å²) in [4.78, 5) is 0. The highest BCUT2D eigenvalue weighted by molar-refractivity contribution is 9.10. The van der Waals surface area contributed by atoms with Gasteiger partial charge in [0, 0.05) is 10.0 Å². The summed E-state index contributed by atoms with van der Waals surface area (Å²) in [5.41, 5.74) is 8.81. The van der Waals surface area contributed by atoms with Crippen LogP contribution in [0.3, 0.4) is 0 Å². The minimum absolute atomic E-state index is 0.0471. The minimum Gasteiger partial charge on any atom is -0.493 e. The van der Waals surface area contributed by atoms with Crippen LogP contribution in [-0.4, -0.2) is 18.3 Å². The molecule has 2 rings (SSSR count). The van der Waals surface area contributed by atoms with Crippen LogP contribution in [0.5, 0.6) is 5.75 Å². The Morgan fingerprint density at radius 3 is 2.94 bits per heavy atom. The van der Waals surface area contributed by atoms with E-state index in [1.807, 2.05) is 6.07 Å². The number of aliphatic hydroxyl groups excluding tert-OH is 1. The van der Waals surface area contributed by atoms with Crippen molar-refractivity contribution in [1.82, 2.24) is 0 Å². The molecule has 0 atom stereocenters. The lowest BCUT2D eigenvalue weighted by Crippen LogP contribution is -2.14. The van der Waals surface area contributed by atoms with Crippen molar-refractivity contribution >= 4 is 15.9 Å². The summed E-state index contributed by atoms with van der Waals surface area (Å²) in [6.45, 7) is 1.42. The van der Waals surface area contributed by atoms with Gasteiger partial charge >= 0.3 is 0 Å². The molecule has 1 aromatic rings. The van der Waals surface area contributed by atoms with Crippen LogP contribution in [0.25, 0.3) is 0 Å². The summed E-state index contributed by atoms with van der Waals surface area (Å²) in [6.07, 6.45) is 2.83. The summed E-state index contributed by atoms with van der Waals surface area (Å²) in [7, 11) is 0. The molecule has 0 saturated carbocycles. The van der Waals surface area contributed by atoms with Crippen molar-refractivity contribution in [3.63, 3.8) is 0 Å². The van der Waals surface area contributed by atoms with Gasteiger partial charge in [-0.15, -0.1) is 0 Å². The maximum absolute atomic E-state index is 9.31. The maximum atomic E-state index is 9.31. The van der Waals surface area contributed by atoms with Crippen LogP contribution in [0, 0.1) is 0 Å². The largest absolute Gasteiger partial charge is 0.493 e. The molecule has 0 amide bonds. The van der Waals surface area contributed by atoms with Crippen molar-refractivity contribution in [2.24, 2.45) is 5.73 Å². The third-order valence-corrected chi connectivity index (χ3v) is 3.85. The monoisotopic (exact) mass is 285 g/mol. The number of ether oxygens (including phenoxy) is 1. The quantitative estimate of drug-likeness (QED) is 0.890. The molecule has 1 aliphatic rings. The van der Waals surface area contributed by atoms with Crippen molar-refractivity contribution in [2.45, 2.75) is 25.9 Å². The predicted molar refractivity (Wildman–Crippen MR) is 66.6 cm³/mol. The van der Waals surface area contributed by atoms with E-state index < -0.39 is 0 Å². The fourth-order valence-electron chi connectivity index (χ4n) is 2.11. The van der Waals surface area contributed by atoms with Crippen molar-refractivity contribution < 1.29 is 9.84 Å². The van der Waals surface area contributed by atoms with E-state index in [2.05, 4.69) is 15.9 Å². The fraction of sp³-hybridized carbons (Fsp3) is 0.500. The Kier molecular flexibility index (Phi) is 3.84. The Morgan fingerprint density at radius 1 is 1.44 bits per heavy atom. The summed E-state index contributed by atoms with van der Waals surface area (Å²) >= 11 is 3.54. The van der Waals surface area contributed by atoms with Gasteiger partial charge in [-0.25, -0.2) is 0 Å². The zero-order chi connectivity index (χ0) is 11.5. The van der Waals surface area contributed by atoms with Gasteiger partial charge < -0.3 is 15.6 Å². The van der Waals surface area contributed by atoms with Gasteiger partial charge in [0.05, 0.1) is 13.2 Å². The topological polar surface area (TPSA) is 55.5 Å². The third kappa shape index (κ3) is 2.10. The van der Waals surface area contributed by atoms with E-state index >= 15 is 0 Å². The lowest BCUT2D eigenvalue weighted by molar-refractivity contribution is 0.274. The van der Waals surface area contributed by atoms with E-state index in [1.165, 1.54) is 5.56 Å². The van der Waals surface area contributed by atoms with E-state index in [1.54, 1.807) is 0 Å². The second kappa shape index (κ2) is 5.17. The lowest BCUT2D eigenvalue weighted by Gasteiger charge is -2.23. The van der Waals surface area contributed by atoms with Gasteiger partial charge in [-0.3, -0.25) is 0 Å². The molecule has 0 unspecified atom stereocenters. The Balaban J connectivity index is 2.52. The van der Waals surface area contributed by atoms with Gasteiger partial charge in [0.15, 0.2) is 0 Å². The number of benzene rings is 1. The second-order valence-corrected chi connectivity index (χ2v) is 4.76. The molecule has 0 aliphatic carbocycles. The van der Waals surface area contributed by atoms with Crippen molar-refractivity contribution in [1.29, 1.82) is 0 Å². The first-order valence-corrected chi connectivity index (χ1v) is 6.34. The molecule has 1 heterocycles. The second-order valence-electron chi connectivity index (χ2n) is 3.97. The fourth-order valence-corrected chi connectivity index (χ4v) is 2.73. The average molecular weight is 286 g/mol. The van der Waals surface area contributed by atoms with Crippen LogP contribution in [0.15, 0.2) is 10.5 Å². The summed E-state index contributed by atoms with van der Waals surface area (Å²) in [6, 6.07) is 1.99. The van der Waals surface area contributed by atoms with Crippen molar-refractivity contribution in [3.05, 3.63) is 27.2 Å². The summed E-state index contributed by atoms with van der Waals surface area (Å²) in [5, 5.41) is 9.31. The van der Waals surface area contributed by atoms with Gasteiger partial charge in [0.2, 0.25) is 0 Å². The molecule has 88 valence electrons. The summed E-state index contributed by atoms with van der Waals surface area (Å²) in [5.74, 6) is 0.973. The first kappa shape index (κ1) is 11.9. The van der Waals surface area contributed by atoms with Gasteiger partial charge in [-0.2, -0.15) is 0 Å². The molecule has 0 fully saturated rings. The number of nitrogens with two attached hydrogens (primary N) is 1. The van der Waals surface area contributed by atoms with Crippen LogP contribution in [0.2, 0.25) is 0 Å². The molecule has 3 nitrogen and oxygen atoms in total. The molecular weight excluding hydrogens is 270 g/mol. The van der Waals surface area contributed by atoms with Crippen molar-refractivity contribution in [3.8, 4) is 5.75 Å². The minimum atomic E-state index is 0.0471. The van der Waals surface area contributed by atoms with Crippen LogP contribution >= 0.6 is 15.9 Å². The van der Waals surface area contributed by atoms with Gasteiger partial charge in [0.1, 0.15) is 5.75 Å². The number of fused-ring (bicyclic) bond motifs is 1. The van der Waals surface area contributed by atoms with Crippen LogP contribution in [-0.2, 0) is 19.4 Å². The van der Waals surface area contributed by atoms with E-state index in [0.29, 0.717) is 6.54 Å². The molecule has 16 heavy (non-hydrogen) atoms. The Morgan fingerprint density at radius 2 is 2.25 bits per heavy atom. The first-order chi connectivity index (χ1) is 7.77. The molecule has 3 N–H and O–H groups in total. The molecule has 0 aromatic heterocycles. The Labute approximate surface area is 104 Å². The average Bonchev–Trinajstić information content (AvgIpc) is 2.33. The standard InChI is InChI=1S/C12H16BrNO2/c13-11-9(7-15)6-8(3-4-14)12-10(11)2-1-5-16-12/h6,15H,1-5,7,14H2. The number of rotatable bonds is 3. The Hall–Kier alpha value is -0.580. The molecule has 0 bridgehead atoms. The van der Waals surface area contributed by atoms with Gasteiger partial charge in [-0.1, -0.05) is 0 Å². The maximum Gasteiger partial charge on any atom is 0.126 e. The van der Waals surface area contributed by atoms with Crippen LogP contribution in [0.4, 0.5) is 0 Å². The summed E-state index contributed by atoms with van der Waals surface area (Å²) < 4.78 is 6.71. The van der Waals surface area contributed by atoms with Crippen molar-refractivity contribution in [2.75, 3.05) is 13.2 Å². The number of hydrogen-bond acceptors (Lipinski definition) is 3. The zero-order valence-electron chi connectivity index (χ0n) is 9.13. The van der Waals surface area contributed by atoms with E-state index in [9.17, 15) is 5.11 Å². The predicted octanol–water partition coefficient (Wildman–Crippen LogP) is 1.77. The molecule has 0 radical (unpaired) electrons. The normalized spacial score (nSPS) is 14.4. The van der Waals surface area contributed by atoms with E-state index in [4.69, 9.17) is 10.5 Å². The van der Waals surface area contributed by atoms with Crippen LogP contribution < -0.4 is 10.5 Å². The molecule has 1 aliphatic heterocycles. The van der Waals surface area contributed by atoms with E-state index in [-0.39, 0.29) is 6.61 Å². The molecule has 4 heteroatoms. The number of halogens is 1. The zero-order valence-corrected chi connectivity index (χ0v) is 10.7. The van der Waals surface area contributed by atoms with Gasteiger partial charge in [0.25, 0.3) is 0 Å². The lowest BCUT2D eigenvalue weighted by atomic mass is 9.97. The third-order valence-electron chi connectivity index (χ3n) is 2.86. The number of aliphatic hydroxyl groups is 1.